The van der Waals surface area contributed by atoms with Gasteiger partial charge in [-0.15, -0.1) is 12.4 Å². The minimum absolute atomic E-state index is 0. The number of para-hydroxylation sites is 1. The fourth-order valence-corrected chi connectivity index (χ4v) is 3.31. The van der Waals surface area contributed by atoms with Gasteiger partial charge in [-0.3, -0.25) is 4.99 Å². The topological polar surface area (TPSA) is 63.5 Å². The maximum absolute atomic E-state index is 11.6. The number of fused-ring (bicyclic) bond motifs is 1. The van der Waals surface area contributed by atoms with Crippen molar-refractivity contribution in [2.24, 2.45) is 4.99 Å². The molecule has 1 N–H and O–H groups in total. The molecule has 0 spiro atoms. The van der Waals surface area contributed by atoms with Crippen LogP contribution in [0.25, 0.3) is 10.9 Å². The van der Waals surface area contributed by atoms with E-state index in [1.165, 1.54) is 0 Å². The second kappa shape index (κ2) is 5.63. The van der Waals surface area contributed by atoms with Crippen molar-refractivity contribution in [3.05, 3.63) is 30.5 Å². The van der Waals surface area contributed by atoms with Crippen LogP contribution < -0.4 is 5.32 Å². The number of aliphatic imine (C=N–C) groups is 1. The third-order valence-corrected chi connectivity index (χ3v) is 4.43. The molecule has 1 aliphatic heterocycles. The molecule has 0 unspecified atom stereocenters. The molecule has 0 saturated heterocycles. The van der Waals surface area contributed by atoms with Crippen molar-refractivity contribution in [2.75, 3.05) is 13.1 Å². The Bertz CT molecular complexity index is 768. The molecule has 0 saturated carbocycles. The molecule has 108 valence electrons. The lowest BCUT2D eigenvalue weighted by atomic mass is 10.2. The number of rotatable bonds is 3. The number of nitrogens with one attached hydrogen (secondary N) is 1. The van der Waals surface area contributed by atoms with Gasteiger partial charge in [0.1, 0.15) is 10.7 Å². The lowest BCUT2D eigenvalue weighted by molar-refractivity contribution is 0.610. The van der Waals surface area contributed by atoms with Gasteiger partial charge < -0.3 is 9.88 Å². The SMILES string of the molecule is Cl.O=S(=O)(Cl)c1cn(CC2=NCCN2)c2ccccc12. The van der Waals surface area contributed by atoms with Gasteiger partial charge in [-0.25, -0.2) is 8.42 Å². The molecule has 5 nitrogen and oxygen atoms in total. The fourth-order valence-electron chi connectivity index (χ4n) is 2.25. The van der Waals surface area contributed by atoms with Crippen molar-refractivity contribution in [1.82, 2.24) is 9.88 Å². The van der Waals surface area contributed by atoms with E-state index in [4.69, 9.17) is 10.7 Å². The van der Waals surface area contributed by atoms with E-state index < -0.39 is 9.05 Å². The Morgan fingerprint density at radius 3 is 2.75 bits per heavy atom. The van der Waals surface area contributed by atoms with Gasteiger partial charge in [0, 0.05) is 34.3 Å². The quantitative estimate of drug-likeness (QED) is 0.873. The summed E-state index contributed by atoms with van der Waals surface area (Å²) >= 11 is 0. The summed E-state index contributed by atoms with van der Waals surface area (Å²) < 4.78 is 25.1. The maximum Gasteiger partial charge on any atom is 0.263 e. The van der Waals surface area contributed by atoms with Crippen LogP contribution in [0.2, 0.25) is 0 Å². The lowest BCUT2D eigenvalue weighted by Gasteiger charge is -2.05. The summed E-state index contributed by atoms with van der Waals surface area (Å²) in [6, 6.07) is 7.29. The van der Waals surface area contributed by atoms with Crippen LogP contribution in [-0.4, -0.2) is 31.9 Å². The molecule has 0 radical (unpaired) electrons. The zero-order valence-electron chi connectivity index (χ0n) is 10.4. The first-order valence-electron chi connectivity index (χ1n) is 5.85. The van der Waals surface area contributed by atoms with Gasteiger partial charge in [-0.2, -0.15) is 0 Å². The van der Waals surface area contributed by atoms with E-state index >= 15 is 0 Å². The first-order chi connectivity index (χ1) is 9.05. The molecular weight excluding hydrogens is 321 g/mol. The minimum Gasteiger partial charge on any atom is -0.370 e. The van der Waals surface area contributed by atoms with Crippen LogP contribution in [0.1, 0.15) is 0 Å². The van der Waals surface area contributed by atoms with Crippen LogP contribution >= 0.6 is 23.1 Å². The number of hydrogen-bond donors (Lipinski definition) is 1. The molecule has 2 aromatic rings. The Kier molecular flexibility index (Phi) is 4.27. The van der Waals surface area contributed by atoms with Gasteiger partial charge in [0.25, 0.3) is 9.05 Å². The predicted octanol–water partition coefficient (Wildman–Crippen LogP) is 1.99. The summed E-state index contributed by atoms with van der Waals surface area (Å²) in [5, 5.41) is 3.80. The van der Waals surface area contributed by atoms with Gasteiger partial charge in [-0.05, 0) is 6.07 Å². The zero-order valence-corrected chi connectivity index (χ0v) is 12.8. The molecule has 8 heteroatoms. The van der Waals surface area contributed by atoms with Crippen LogP contribution in [0.4, 0.5) is 0 Å². The Labute approximate surface area is 127 Å². The van der Waals surface area contributed by atoms with Crippen molar-refractivity contribution < 1.29 is 8.42 Å². The lowest BCUT2D eigenvalue weighted by Crippen LogP contribution is -2.23. The summed E-state index contributed by atoms with van der Waals surface area (Å²) in [6.07, 6.45) is 1.56. The van der Waals surface area contributed by atoms with Crippen LogP contribution in [-0.2, 0) is 15.6 Å². The summed E-state index contributed by atoms with van der Waals surface area (Å²) in [5.41, 5.74) is 0.832. The number of hydrogen-bond acceptors (Lipinski definition) is 4. The van der Waals surface area contributed by atoms with Crippen LogP contribution in [0.3, 0.4) is 0 Å². The molecule has 0 bridgehead atoms. The summed E-state index contributed by atoms with van der Waals surface area (Å²) in [7, 11) is 1.73. The number of amidine groups is 1. The smallest absolute Gasteiger partial charge is 0.263 e. The molecule has 1 aromatic carbocycles. The van der Waals surface area contributed by atoms with Gasteiger partial charge in [-0.1, -0.05) is 18.2 Å². The van der Waals surface area contributed by atoms with E-state index in [9.17, 15) is 8.42 Å². The number of aromatic nitrogens is 1. The van der Waals surface area contributed by atoms with E-state index in [1.807, 2.05) is 16.7 Å². The maximum atomic E-state index is 11.6. The average molecular weight is 334 g/mol. The van der Waals surface area contributed by atoms with E-state index in [2.05, 4.69) is 10.3 Å². The first-order valence-corrected chi connectivity index (χ1v) is 8.16. The van der Waals surface area contributed by atoms with Gasteiger partial charge in [0.05, 0.1) is 13.1 Å². The normalized spacial score (nSPS) is 14.8. The number of benzene rings is 1. The molecule has 3 rings (SSSR count). The molecule has 0 amide bonds. The highest BCUT2D eigenvalue weighted by molar-refractivity contribution is 8.14. The van der Waals surface area contributed by atoms with Crippen molar-refractivity contribution in [2.45, 2.75) is 11.4 Å². The van der Waals surface area contributed by atoms with Crippen molar-refractivity contribution in [3.63, 3.8) is 0 Å². The highest BCUT2D eigenvalue weighted by Gasteiger charge is 2.19. The summed E-state index contributed by atoms with van der Waals surface area (Å²) in [4.78, 5) is 4.45. The molecule has 1 aromatic heterocycles. The van der Waals surface area contributed by atoms with E-state index in [1.54, 1.807) is 18.3 Å². The van der Waals surface area contributed by atoms with Gasteiger partial charge in [0.2, 0.25) is 0 Å². The second-order valence-corrected chi connectivity index (χ2v) is 6.87. The molecule has 2 heterocycles. The minimum atomic E-state index is -3.75. The van der Waals surface area contributed by atoms with Crippen LogP contribution in [0.15, 0.2) is 40.4 Å². The number of nitrogens with zero attached hydrogens (tertiary/aromatic N) is 2. The largest absolute Gasteiger partial charge is 0.370 e. The average Bonchev–Trinajstić information content (AvgIpc) is 2.97. The van der Waals surface area contributed by atoms with E-state index in [-0.39, 0.29) is 17.3 Å². The highest BCUT2D eigenvalue weighted by atomic mass is 35.7. The summed E-state index contributed by atoms with van der Waals surface area (Å²) in [5.74, 6) is 0.860. The van der Waals surface area contributed by atoms with Crippen LogP contribution in [0.5, 0.6) is 0 Å². The first kappa shape index (κ1) is 15.2. The van der Waals surface area contributed by atoms with Gasteiger partial charge in [0.15, 0.2) is 0 Å². The van der Waals surface area contributed by atoms with E-state index in [0.717, 1.165) is 24.4 Å². The molecule has 0 atom stereocenters. The molecule has 20 heavy (non-hydrogen) atoms. The third kappa shape index (κ3) is 2.77. The van der Waals surface area contributed by atoms with Crippen molar-refractivity contribution >= 4 is 48.9 Å². The fraction of sp³-hybridized carbons (Fsp3) is 0.250. The standard InChI is InChI=1S/C12H12ClN3O2S.ClH/c13-19(17,18)11-7-16(8-12-14-5-6-15-12)10-4-2-1-3-9(10)11;/h1-4,7H,5-6,8H2,(H,14,15);1H. The highest BCUT2D eigenvalue weighted by Crippen LogP contribution is 2.27. The Hall–Kier alpha value is -1.24. The van der Waals surface area contributed by atoms with Gasteiger partial charge >= 0.3 is 0 Å². The molecule has 1 aliphatic rings. The zero-order chi connectivity index (χ0) is 13.5. The second-order valence-electron chi connectivity index (χ2n) is 4.33. The molecule has 0 fully saturated rings. The van der Waals surface area contributed by atoms with Crippen molar-refractivity contribution in [1.29, 1.82) is 0 Å². The molecular formula is C12H13Cl2N3O2S. The van der Waals surface area contributed by atoms with Crippen molar-refractivity contribution in [3.8, 4) is 0 Å². The predicted molar refractivity (Wildman–Crippen MR) is 82.5 cm³/mol. The third-order valence-electron chi connectivity index (χ3n) is 3.08. The Balaban J connectivity index is 0.00000147. The number of halogens is 2. The van der Waals surface area contributed by atoms with E-state index in [0.29, 0.717) is 11.9 Å². The van der Waals surface area contributed by atoms with Crippen LogP contribution in [0, 0.1) is 0 Å². The molecule has 0 aliphatic carbocycles. The Morgan fingerprint density at radius 2 is 2.10 bits per heavy atom. The summed E-state index contributed by atoms with van der Waals surface area (Å²) in [6.45, 7) is 2.11. The Morgan fingerprint density at radius 1 is 1.35 bits per heavy atom. The monoisotopic (exact) mass is 333 g/mol.